The van der Waals surface area contributed by atoms with Crippen molar-refractivity contribution in [2.24, 2.45) is 0 Å². The van der Waals surface area contributed by atoms with Crippen molar-refractivity contribution in [1.29, 1.82) is 0 Å². The normalized spacial score (nSPS) is 16.4. The lowest BCUT2D eigenvalue weighted by Crippen LogP contribution is -2.44. The van der Waals surface area contributed by atoms with Gasteiger partial charge in [0.2, 0.25) is 10.0 Å². The van der Waals surface area contributed by atoms with E-state index in [9.17, 15) is 12.8 Å². The first-order chi connectivity index (χ1) is 12.9. The summed E-state index contributed by atoms with van der Waals surface area (Å²) in [5.41, 5.74) is 1.87. The van der Waals surface area contributed by atoms with Crippen LogP contribution >= 0.6 is 0 Å². The molecule has 0 aliphatic carbocycles. The van der Waals surface area contributed by atoms with Crippen molar-refractivity contribution in [3.05, 3.63) is 59.4 Å². The molecule has 0 aromatic heterocycles. The Bertz CT molecular complexity index is 877. The van der Waals surface area contributed by atoms with Crippen LogP contribution in [0.3, 0.4) is 0 Å². The van der Waals surface area contributed by atoms with Crippen LogP contribution < -0.4 is 10.1 Å². The SMILES string of the molecule is COc1ccc(CNC2CCN(S(=O)(=O)c3ccc(C)cc3)CC2)cc1F. The molecule has 5 nitrogen and oxygen atoms in total. The van der Waals surface area contributed by atoms with E-state index >= 15 is 0 Å². The largest absolute Gasteiger partial charge is 0.494 e. The van der Waals surface area contributed by atoms with Gasteiger partial charge < -0.3 is 10.1 Å². The highest BCUT2D eigenvalue weighted by atomic mass is 32.2. The molecule has 0 radical (unpaired) electrons. The molecule has 1 saturated heterocycles. The molecule has 1 aliphatic rings. The van der Waals surface area contributed by atoms with Crippen LogP contribution in [0.4, 0.5) is 4.39 Å². The zero-order chi connectivity index (χ0) is 19.4. The first kappa shape index (κ1) is 19.8. The molecule has 1 heterocycles. The van der Waals surface area contributed by atoms with Crippen LogP contribution in [0, 0.1) is 12.7 Å². The summed E-state index contributed by atoms with van der Waals surface area (Å²) in [5, 5.41) is 3.39. The third-order valence-corrected chi connectivity index (χ3v) is 6.84. The number of ether oxygens (including phenoxy) is 1. The molecule has 1 aliphatic heterocycles. The van der Waals surface area contributed by atoms with E-state index in [1.807, 2.05) is 25.1 Å². The molecular formula is C20H25FN2O3S. The van der Waals surface area contributed by atoms with Gasteiger partial charge in [0.05, 0.1) is 12.0 Å². The van der Waals surface area contributed by atoms with Crippen LogP contribution in [0.15, 0.2) is 47.4 Å². The second-order valence-electron chi connectivity index (χ2n) is 6.84. The molecule has 146 valence electrons. The number of rotatable bonds is 6. The molecule has 2 aromatic rings. The number of benzene rings is 2. The number of aryl methyl sites for hydroxylation is 1. The summed E-state index contributed by atoms with van der Waals surface area (Å²) in [5.74, 6) is -0.149. The minimum absolute atomic E-state index is 0.208. The summed E-state index contributed by atoms with van der Waals surface area (Å²) in [6.07, 6.45) is 1.45. The summed E-state index contributed by atoms with van der Waals surface area (Å²) in [4.78, 5) is 0.341. The lowest BCUT2D eigenvalue weighted by Gasteiger charge is -2.31. The molecule has 0 bridgehead atoms. The Hall–Kier alpha value is -1.96. The monoisotopic (exact) mass is 392 g/mol. The van der Waals surface area contributed by atoms with Crippen LogP contribution in [-0.4, -0.2) is 39.0 Å². The molecule has 0 atom stereocenters. The quantitative estimate of drug-likeness (QED) is 0.821. The van der Waals surface area contributed by atoms with E-state index < -0.39 is 10.0 Å². The third-order valence-electron chi connectivity index (χ3n) is 4.92. The lowest BCUT2D eigenvalue weighted by molar-refractivity contribution is 0.288. The molecule has 7 heteroatoms. The molecular weight excluding hydrogens is 367 g/mol. The minimum atomic E-state index is -3.44. The Balaban J connectivity index is 1.54. The van der Waals surface area contributed by atoms with Crippen LogP contribution in [-0.2, 0) is 16.6 Å². The van der Waals surface area contributed by atoms with Crippen LogP contribution in [0.1, 0.15) is 24.0 Å². The van der Waals surface area contributed by atoms with Gasteiger partial charge in [0.15, 0.2) is 11.6 Å². The number of nitrogens with one attached hydrogen (secondary N) is 1. The Morgan fingerprint density at radius 1 is 1.15 bits per heavy atom. The summed E-state index contributed by atoms with van der Waals surface area (Å²) in [7, 11) is -2.00. The molecule has 0 unspecified atom stereocenters. The standard InChI is InChI=1S/C20H25FN2O3S/c1-15-3-6-18(7-4-15)27(24,25)23-11-9-17(10-12-23)22-14-16-5-8-20(26-2)19(21)13-16/h3-8,13,17,22H,9-12,14H2,1-2H3. The average molecular weight is 392 g/mol. The fourth-order valence-corrected chi connectivity index (χ4v) is 4.71. The predicted octanol–water partition coefficient (Wildman–Crippen LogP) is 3.09. The highest BCUT2D eigenvalue weighted by Gasteiger charge is 2.29. The predicted molar refractivity (Wildman–Crippen MR) is 103 cm³/mol. The minimum Gasteiger partial charge on any atom is -0.494 e. The number of hydrogen-bond donors (Lipinski definition) is 1. The molecule has 0 spiro atoms. The Morgan fingerprint density at radius 2 is 1.81 bits per heavy atom. The van der Waals surface area contributed by atoms with E-state index in [4.69, 9.17) is 4.74 Å². The van der Waals surface area contributed by atoms with Gasteiger partial charge in [0, 0.05) is 25.7 Å². The van der Waals surface area contributed by atoms with Gasteiger partial charge in [-0.1, -0.05) is 23.8 Å². The number of nitrogens with zero attached hydrogens (tertiary/aromatic N) is 1. The molecule has 1 N–H and O–H groups in total. The Kier molecular flexibility index (Phi) is 6.14. The van der Waals surface area contributed by atoms with E-state index in [1.54, 1.807) is 22.5 Å². The summed E-state index contributed by atoms with van der Waals surface area (Å²) >= 11 is 0. The number of hydrogen-bond acceptors (Lipinski definition) is 4. The van der Waals surface area contributed by atoms with E-state index in [0.717, 1.165) is 24.0 Å². The molecule has 3 rings (SSSR count). The van der Waals surface area contributed by atoms with Crippen molar-refractivity contribution in [2.45, 2.75) is 37.2 Å². The number of methoxy groups -OCH3 is 1. The van der Waals surface area contributed by atoms with Gasteiger partial charge >= 0.3 is 0 Å². The van der Waals surface area contributed by atoms with E-state index in [2.05, 4.69) is 5.32 Å². The lowest BCUT2D eigenvalue weighted by atomic mass is 10.1. The third kappa shape index (κ3) is 4.66. The highest BCUT2D eigenvalue weighted by molar-refractivity contribution is 7.89. The van der Waals surface area contributed by atoms with Crippen LogP contribution in [0.25, 0.3) is 0 Å². The molecule has 0 saturated carbocycles. The van der Waals surface area contributed by atoms with Gasteiger partial charge in [-0.25, -0.2) is 12.8 Å². The van der Waals surface area contributed by atoms with Crippen molar-refractivity contribution in [1.82, 2.24) is 9.62 Å². The summed E-state index contributed by atoms with van der Waals surface area (Å²) in [6, 6.07) is 12.1. The van der Waals surface area contributed by atoms with Gasteiger partial charge in [-0.15, -0.1) is 0 Å². The number of halogens is 1. The zero-order valence-corrected chi connectivity index (χ0v) is 16.4. The maximum atomic E-state index is 13.8. The smallest absolute Gasteiger partial charge is 0.243 e. The number of piperidine rings is 1. The van der Waals surface area contributed by atoms with Crippen molar-refractivity contribution in [3.63, 3.8) is 0 Å². The topological polar surface area (TPSA) is 58.6 Å². The van der Waals surface area contributed by atoms with Gasteiger partial charge in [-0.3, -0.25) is 0 Å². The molecule has 0 amide bonds. The fourth-order valence-electron chi connectivity index (χ4n) is 3.24. The first-order valence-corrected chi connectivity index (χ1v) is 10.5. The second kappa shape index (κ2) is 8.37. The Morgan fingerprint density at radius 3 is 2.41 bits per heavy atom. The van der Waals surface area contributed by atoms with Gasteiger partial charge in [-0.2, -0.15) is 4.31 Å². The maximum absolute atomic E-state index is 13.8. The van der Waals surface area contributed by atoms with Crippen LogP contribution in [0.5, 0.6) is 5.75 Å². The number of sulfonamides is 1. The maximum Gasteiger partial charge on any atom is 0.243 e. The van der Waals surface area contributed by atoms with Crippen molar-refractivity contribution >= 4 is 10.0 Å². The van der Waals surface area contributed by atoms with Gasteiger partial charge in [-0.05, 0) is 49.6 Å². The van der Waals surface area contributed by atoms with Gasteiger partial charge in [0.25, 0.3) is 0 Å². The summed E-state index contributed by atoms with van der Waals surface area (Å²) in [6.45, 7) is 3.42. The molecule has 1 fully saturated rings. The average Bonchev–Trinajstić information content (AvgIpc) is 2.67. The van der Waals surface area contributed by atoms with Crippen molar-refractivity contribution < 1.29 is 17.5 Å². The van der Waals surface area contributed by atoms with Crippen molar-refractivity contribution in [3.8, 4) is 5.75 Å². The van der Waals surface area contributed by atoms with Gasteiger partial charge in [0.1, 0.15) is 0 Å². The van der Waals surface area contributed by atoms with Crippen molar-refractivity contribution in [2.75, 3.05) is 20.2 Å². The Labute approximate surface area is 160 Å². The molecule has 2 aromatic carbocycles. The second-order valence-corrected chi connectivity index (χ2v) is 8.78. The first-order valence-electron chi connectivity index (χ1n) is 9.03. The van der Waals surface area contributed by atoms with E-state index in [-0.39, 0.29) is 17.6 Å². The zero-order valence-electron chi connectivity index (χ0n) is 15.6. The van der Waals surface area contributed by atoms with E-state index in [1.165, 1.54) is 13.2 Å². The highest BCUT2D eigenvalue weighted by Crippen LogP contribution is 2.22. The van der Waals surface area contributed by atoms with Crippen LogP contribution in [0.2, 0.25) is 0 Å². The molecule has 27 heavy (non-hydrogen) atoms. The van der Waals surface area contributed by atoms with E-state index in [0.29, 0.717) is 24.5 Å². The fraction of sp³-hybridized carbons (Fsp3) is 0.400. The summed E-state index contributed by atoms with van der Waals surface area (Å²) < 4.78 is 45.7.